The molecule has 0 spiro atoms. The summed E-state index contributed by atoms with van der Waals surface area (Å²) in [5, 5.41) is 0. The van der Waals surface area contributed by atoms with Gasteiger partial charge in [-0.2, -0.15) is 0 Å². The smallest absolute Gasteiger partial charge is 0.109 e. The third-order valence-electron chi connectivity index (χ3n) is 4.06. The van der Waals surface area contributed by atoms with Crippen LogP contribution in [0.2, 0.25) is 0 Å². The first kappa shape index (κ1) is 11.0. The number of allylic oxidation sites excluding steroid dienone is 1. The summed E-state index contributed by atoms with van der Waals surface area (Å²) < 4.78 is 5.68. The van der Waals surface area contributed by atoms with Gasteiger partial charge in [-0.25, -0.2) is 0 Å². The van der Waals surface area contributed by atoms with Gasteiger partial charge in [0.05, 0.1) is 12.6 Å². The average molecular weight is 209 g/mol. The van der Waals surface area contributed by atoms with E-state index >= 15 is 0 Å². The SMILES string of the molecule is CC1(C)CCCC1C(N)C1=CCCCO1. The van der Waals surface area contributed by atoms with E-state index in [4.69, 9.17) is 10.5 Å². The molecule has 2 rings (SSSR count). The highest BCUT2D eigenvalue weighted by Gasteiger charge is 2.40. The monoisotopic (exact) mass is 209 g/mol. The molecule has 2 N–H and O–H groups in total. The summed E-state index contributed by atoms with van der Waals surface area (Å²) in [4.78, 5) is 0. The van der Waals surface area contributed by atoms with Crippen LogP contribution in [0, 0.1) is 11.3 Å². The van der Waals surface area contributed by atoms with Gasteiger partial charge < -0.3 is 10.5 Å². The summed E-state index contributed by atoms with van der Waals surface area (Å²) in [7, 11) is 0. The van der Waals surface area contributed by atoms with Gasteiger partial charge in [-0.15, -0.1) is 0 Å². The van der Waals surface area contributed by atoms with Gasteiger partial charge in [0, 0.05) is 0 Å². The van der Waals surface area contributed by atoms with Crippen LogP contribution < -0.4 is 5.73 Å². The van der Waals surface area contributed by atoms with Gasteiger partial charge in [-0.3, -0.25) is 0 Å². The molecular formula is C13H23NO. The topological polar surface area (TPSA) is 35.2 Å². The molecule has 0 aromatic carbocycles. The largest absolute Gasteiger partial charge is 0.497 e. The maximum absolute atomic E-state index is 6.34. The van der Waals surface area contributed by atoms with Crippen molar-refractivity contribution in [3.63, 3.8) is 0 Å². The Morgan fingerprint density at radius 3 is 2.80 bits per heavy atom. The van der Waals surface area contributed by atoms with Gasteiger partial charge in [-0.05, 0) is 43.1 Å². The molecule has 1 heterocycles. The Morgan fingerprint density at radius 2 is 2.27 bits per heavy atom. The first-order chi connectivity index (χ1) is 7.11. The van der Waals surface area contributed by atoms with Crippen LogP contribution in [-0.4, -0.2) is 12.6 Å². The summed E-state index contributed by atoms with van der Waals surface area (Å²) in [5.74, 6) is 1.66. The Kier molecular flexibility index (Phi) is 3.06. The van der Waals surface area contributed by atoms with E-state index in [9.17, 15) is 0 Å². The van der Waals surface area contributed by atoms with Crippen molar-refractivity contribution >= 4 is 0 Å². The Balaban J connectivity index is 2.06. The van der Waals surface area contributed by atoms with Crippen molar-refractivity contribution in [1.82, 2.24) is 0 Å². The zero-order valence-corrected chi connectivity index (χ0v) is 9.96. The highest BCUT2D eigenvalue weighted by atomic mass is 16.5. The molecular weight excluding hydrogens is 186 g/mol. The van der Waals surface area contributed by atoms with Crippen LogP contribution >= 0.6 is 0 Å². The number of rotatable bonds is 2. The maximum Gasteiger partial charge on any atom is 0.109 e. The van der Waals surface area contributed by atoms with Crippen LogP contribution in [0.1, 0.15) is 46.0 Å². The van der Waals surface area contributed by atoms with Gasteiger partial charge in [0.1, 0.15) is 5.76 Å². The third kappa shape index (κ3) is 2.20. The molecule has 1 aliphatic carbocycles. The van der Waals surface area contributed by atoms with Gasteiger partial charge in [0.25, 0.3) is 0 Å². The fourth-order valence-corrected chi connectivity index (χ4v) is 3.03. The zero-order chi connectivity index (χ0) is 10.9. The van der Waals surface area contributed by atoms with Crippen LogP contribution in [0.4, 0.5) is 0 Å². The van der Waals surface area contributed by atoms with E-state index in [0.29, 0.717) is 11.3 Å². The molecule has 1 aliphatic heterocycles. The highest BCUT2D eigenvalue weighted by molar-refractivity contribution is 5.09. The molecule has 0 radical (unpaired) electrons. The summed E-state index contributed by atoms with van der Waals surface area (Å²) in [6, 6.07) is 0.128. The molecule has 0 aromatic rings. The fraction of sp³-hybridized carbons (Fsp3) is 0.846. The Morgan fingerprint density at radius 1 is 1.47 bits per heavy atom. The fourth-order valence-electron chi connectivity index (χ4n) is 3.03. The molecule has 15 heavy (non-hydrogen) atoms. The minimum atomic E-state index is 0.128. The standard InChI is InChI=1S/C13H23NO/c1-13(2)8-5-6-10(13)12(14)11-7-3-4-9-15-11/h7,10,12H,3-6,8-9,14H2,1-2H3. The first-order valence-corrected chi connectivity index (χ1v) is 6.20. The lowest BCUT2D eigenvalue weighted by Gasteiger charge is -2.33. The average Bonchev–Trinajstić information content (AvgIpc) is 2.58. The summed E-state index contributed by atoms with van der Waals surface area (Å²) in [6.45, 7) is 5.54. The second-order valence-electron chi connectivity index (χ2n) is 5.61. The second kappa shape index (κ2) is 4.17. The molecule has 2 unspecified atom stereocenters. The van der Waals surface area contributed by atoms with E-state index in [1.165, 1.54) is 19.3 Å². The lowest BCUT2D eigenvalue weighted by Crippen LogP contribution is -2.39. The number of nitrogens with two attached hydrogens (primary N) is 1. The Hall–Kier alpha value is -0.500. The lowest BCUT2D eigenvalue weighted by atomic mass is 9.77. The minimum Gasteiger partial charge on any atom is -0.497 e. The minimum absolute atomic E-state index is 0.128. The maximum atomic E-state index is 6.34. The van der Waals surface area contributed by atoms with Crippen molar-refractivity contribution in [3.8, 4) is 0 Å². The van der Waals surface area contributed by atoms with Crippen molar-refractivity contribution in [3.05, 3.63) is 11.8 Å². The van der Waals surface area contributed by atoms with Crippen LogP contribution in [0.3, 0.4) is 0 Å². The van der Waals surface area contributed by atoms with Gasteiger partial charge in [0.2, 0.25) is 0 Å². The van der Waals surface area contributed by atoms with Crippen molar-refractivity contribution in [2.45, 2.75) is 52.0 Å². The molecule has 0 aromatic heterocycles. The summed E-state index contributed by atoms with van der Waals surface area (Å²) in [6.07, 6.45) is 8.36. The van der Waals surface area contributed by atoms with Crippen LogP contribution in [-0.2, 0) is 4.74 Å². The normalized spacial score (nSPS) is 31.9. The molecule has 2 heteroatoms. The molecule has 2 nitrogen and oxygen atoms in total. The van der Waals surface area contributed by atoms with Crippen molar-refractivity contribution in [1.29, 1.82) is 0 Å². The number of hydrogen-bond donors (Lipinski definition) is 1. The van der Waals surface area contributed by atoms with Crippen molar-refractivity contribution < 1.29 is 4.74 Å². The molecule has 86 valence electrons. The summed E-state index contributed by atoms with van der Waals surface area (Å²) >= 11 is 0. The highest BCUT2D eigenvalue weighted by Crippen LogP contribution is 2.45. The van der Waals surface area contributed by atoms with Crippen LogP contribution in [0.25, 0.3) is 0 Å². The van der Waals surface area contributed by atoms with Crippen LogP contribution in [0.5, 0.6) is 0 Å². The van der Waals surface area contributed by atoms with E-state index in [1.807, 2.05) is 0 Å². The number of ether oxygens (including phenoxy) is 1. The molecule has 1 fully saturated rings. The molecule has 2 atom stereocenters. The molecule has 2 aliphatic rings. The van der Waals surface area contributed by atoms with E-state index in [-0.39, 0.29) is 6.04 Å². The van der Waals surface area contributed by atoms with Gasteiger partial charge >= 0.3 is 0 Å². The van der Waals surface area contributed by atoms with Crippen molar-refractivity contribution in [2.24, 2.45) is 17.1 Å². The molecule has 1 saturated carbocycles. The first-order valence-electron chi connectivity index (χ1n) is 6.20. The quantitative estimate of drug-likeness (QED) is 0.759. The Labute approximate surface area is 92.9 Å². The Bertz CT molecular complexity index is 257. The predicted octanol–water partition coefficient (Wildman–Crippen LogP) is 2.83. The van der Waals surface area contributed by atoms with E-state index in [1.54, 1.807) is 0 Å². The van der Waals surface area contributed by atoms with Crippen LogP contribution in [0.15, 0.2) is 11.8 Å². The molecule has 0 amide bonds. The second-order valence-corrected chi connectivity index (χ2v) is 5.61. The lowest BCUT2D eigenvalue weighted by molar-refractivity contribution is 0.135. The van der Waals surface area contributed by atoms with Gasteiger partial charge in [0.15, 0.2) is 0 Å². The molecule has 0 saturated heterocycles. The van der Waals surface area contributed by atoms with E-state index in [0.717, 1.165) is 25.2 Å². The third-order valence-corrected chi connectivity index (χ3v) is 4.06. The van der Waals surface area contributed by atoms with Gasteiger partial charge in [-0.1, -0.05) is 20.3 Å². The number of hydrogen-bond acceptors (Lipinski definition) is 2. The summed E-state index contributed by atoms with van der Waals surface area (Å²) in [5.41, 5.74) is 6.73. The zero-order valence-electron chi connectivity index (χ0n) is 9.96. The van der Waals surface area contributed by atoms with E-state index in [2.05, 4.69) is 19.9 Å². The van der Waals surface area contributed by atoms with E-state index < -0.39 is 0 Å². The van der Waals surface area contributed by atoms with Crippen molar-refractivity contribution in [2.75, 3.05) is 6.61 Å². The predicted molar refractivity (Wildman–Crippen MR) is 62.4 cm³/mol. The molecule has 0 bridgehead atoms.